The molecule has 1 aromatic carbocycles. The second kappa shape index (κ2) is 8.09. The Morgan fingerprint density at radius 1 is 1.24 bits per heavy atom. The fourth-order valence-corrected chi connectivity index (χ4v) is 1.41. The average Bonchev–Trinajstić information content (AvgIpc) is 2.36. The third-order valence-electron chi connectivity index (χ3n) is 2.65. The van der Waals surface area contributed by atoms with Gasteiger partial charge >= 0.3 is 0 Å². The SMILES string of the molecule is CC[C@H](C)Oc1ccc(CNCCOC)cc1. The van der Waals surface area contributed by atoms with Crippen LogP contribution in [-0.2, 0) is 11.3 Å². The first-order valence-corrected chi connectivity index (χ1v) is 6.21. The molecule has 1 aromatic rings. The maximum absolute atomic E-state index is 5.72. The van der Waals surface area contributed by atoms with Crippen LogP contribution in [0.3, 0.4) is 0 Å². The summed E-state index contributed by atoms with van der Waals surface area (Å²) in [5.41, 5.74) is 1.26. The van der Waals surface area contributed by atoms with E-state index >= 15 is 0 Å². The molecule has 0 aliphatic carbocycles. The van der Waals surface area contributed by atoms with E-state index in [1.165, 1.54) is 5.56 Å². The predicted molar refractivity (Wildman–Crippen MR) is 70.4 cm³/mol. The van der Waals surface area contributed by atoms with E-state index in [0.717, 1.165) is 31.9 Å². The lowest BCUT2D eigenvalue weighted by molar-refractivity contribution is 0.199. The Hall–Kier alpha value is -1.06. The monoisotopic (exact) mass is 237 g/mol. The van der Waals surface area contributed by atoms with Crippen LogP contribution >= 0.6 is 0 Å². The van der Waals surface area contributed by atoms with E-state index in [1.807, 2.05) is 12.1 Å². The molecule has 0 aliphatic rings. The van der Waals surface area contributed by atoms with E-state index in [9.17, 15) is 0 Å². The van der Waals surface area contributed by atoms with Crippen LogP contribution in [-0.4, -0.2) is 26.4 Å². The zero-order valence-corrected chi connectivity index (χ0v) is 11.0. The molecule has 3 heteroatoms. The Morgan fingerprint density at radius 3 is 2.53 bits per heavy atom. The number of hydrogen-bond donors (Lipinski definition) is 1. The molecule has 0 aliphatic heterocycles. The van der Waals surface area contributed by atoms with Gasteiger partial charge < -0.3 is 14.8 Å². The van der Waals surface area contributed by atoms with Gasteiger partial charge in [0.25, 0.3) is 0 Å². The second-order valence-corrected chi connectivity index (χ2v) is 4.15. The molecule has 3 nitrogen and oxygen atoms in total. The van der Waals surface area contributed by atoms with Gasteiger partial charge in [-0.3, -0.25) is 0 Å². The first-order chi connectivity index (χ1) is 8.26. The van der Waals surface area contributed by atoms with E-state index in [1.54, 1.807) is 7.11 Å². The summed E-state index contributed by atoms with van der Waals surface area (Å²) in [6.45, 7) is 6.70. The molecule has 0 fully saturated rings. The quantitative estimate of drug-likeness (QED) is 0.705. The number of methoxy groups -OCH3 is 1. The molecule has 0 radical (unpaired) electrons. The third-order valence-corrected chi connectivity index (χ3v) is 2.65. The molecule has 0 unspecified atom stereocenters. The lowest BCUT2D eigenvalue weighted by Gasteiger charge is -2.12. The Morgan fingerprint density at radius 2 is 1.94 bits per heavy atom. The molecule has 1 rings (SSSR count). The zero-order chi connectivity index (χ0) is 12.5. The summed E-state index contributed by atoms with van der Waals surface area (Å²) in [6, 6.07) is 8.24. The smallest absolute Gasteiger partial charge is 0.119 e. The molecular formula is C14H23NO2. The number of nitrogens with one attached hydrogen (secondary N) is 1. The van der Waals surface area contributed by atoms with Gasteiger partial charge in [-0.15, -0.1) is 0 Å². The van der Waals surface area contributed by atoms with Gasteiger partial charge in [-0.05, 0) is 31.0 Å². The van der Waals surface area contributed by atoms with Gasteiger partial charge in [0, 0.05) is 20.2 Å². The molecule has 1 atom stereocenters. The van der Waals surface area contributed by atoms with Crippen molar-refractivity contribution in [3.05, 3.63) is 29.8 Å². The largest absolute Gasteiger partial charge is 0.491 e. The summed E-state index contributed by atoms with van der Waals surface area (Å²) in [7, 11) is 1.71. The molecule has 0 saturated carbocycles. The summed E-state index contributed by atoms with van der Waals surface area (Å²) in [5.74, 6) is 0.944. The molecule has 0 bridgehead atoms. The Kier molecular flexibility index (Phi) is 6.67. The van der Waals surface area contributed by atoms with Crippen molar-refractivity contribution in [2.45, 2.75) is 32.9 Å². The minimum Gasteiger partial charge on any atom is -0.491 e. The summed E-state index contributed by atoms with van der Waals surface area (Å²) in [4.78, 5) is 0. The fraction of sp³-hybridized carbons (Fsp3) is 0.571. The maximum Gasteiger partial charge on any atom is 0.119 e. The molecule has 0 amide bonds. The highest BCUT2D eigenvalue weighted by Crippen LogP contribution is 2.14. The molecule has 1 N–H and O–H groups in total. The molecule has 96 valence electrons. The fourth-order valence-electron chi connectivity index (χ4n) is 1.41. The number of benzene rings is 1. The highest BCUT2D eigenvalue weighted by Gasteiger charge is 2.00. The van der Waals surface area contributed by atoms with Crippen LogP contribution in [0.5, 0.6) is 5.75 Å². The summed E-state index contributed by atoms with van der Waals surface area (Å²) in [6.07, 6.45) is 1.31. The van der Waals surface area contributed by atoms with E-state index in [2.05, 4.69) is 31.3 Å². The highest BCUT2D eigenvalue weighted by molar-refractivity contribution is 5.27. The Labute approximate surface area is 104 Å². The molecule has 0 spiro atoms. The van der Waals surface area contributed by atoms with Gasteiger partial charge in [0.15, 0.2) is 0 Å². The van der Waals surface area contributed by atoms with Crippen molar-refractivity contribution in [3.63, 3.8) is 0 Å². The van der Waals surface area contributed by atoms with E-state index < -0.39 is 0 Å². The van der Waals surface area contributed by atoms with Crippen LogP contribution in [0.2, 0.25) is 0 Å². The van der Waals surface area contributed by atoms with E-state index in [4.69, 9.17) is 9.47 Å². The highest BCUT2D eigenvalue weighted by atomic mass is 16.5. The number of rotatable bonds is 8. The van der Waals surface area contributed by atoms with Crippen molar-refractivity contribution in [1.29, 1.82) is 0 Å². The van der Waals surface area contributed by atoms with Crippen LogP contribution in [0, 0.1) is 0 Å². The standard InChI is InChI=1S/C14H23NO2/c1-4-12(2)17-14-7-5-13(6-8-14)11-15-9-10-16-3/h5-8,12,15H,4,9-11H2,1-3H3/t12-/m0/s1. The predicted octanol–water partition coefficient (Wildman–Crippen LogP) is 2.60. The van der Waals surface area contributed by atoms with Crippen molar-refractivity contribution < 1.29 is 9.47 Å². The van der Waals surface area contributed by atoms with E-state index in [0.29, 0.717) is 0 Å². The summed E-state index contributed by atoms with van der Waals surface area (Å²) >= 11 is 0. The first kappa shape index (κ1) is 14.0. The normalized spacial score (nSPS) is 12.4. The molecule has 17 heavy (non-hydrogen) atoms. The van der Waals surface area contributed by atoms with Crippen molar-refractivity contribution in [3.8, 4) is 5.75 Å². The zero-order valence-electron chi connectivity index (χ0n) is 11.0. The van der Waals surface area contributed by atoms with Crippen LogP contribution in [0.1, 0.15) is 25.8 Å². The minimum atomic E-state index is 0.278. The Balaban J connectivity index is 2.34. The molecule has 0 aromatic heterocycles. The van der Waals surface area contributed by atoms with Gasteiger partial charge in [0.05, 0.1) is 12.7 Å². The lowest BCUT2D eigenvalue weighted by atomic mass is 10.2. The molecular weight excluding hydrogens is 214 g/mol. The van der Waals surface area contributed by atoms with Crippen molar-refractivity contribution in [2.24, 2.45) is 0 Å². The van der Waals surface area contributed by atoms with Gasteiger partial charge in [0.1, 0.15) is 5.75 Å². The van der Waals surface area contributed by atoms with Crippen LogP contribution in [0.15, 0.2) is 24.3 Å². The van der Waals surface area contributed by atoms with Crippen LogP contribution in [0.4, 0.5) is 0 Å². The number of hydrogen-bond acceptors (Lipinski definition) is 3. The van der Waals surface area contributed by atoms with E-state index in [-0.39, 0.29) is 6.10 Å². The van der Waals surface area contributed by atoms with Gasteiger partial charge in [-0.25, -0.2) is 0 Å². The second-order valence-electron chi connectivity index (χ2n) is 4.15. The van der Waals surface area contributed by atoms with Gasteiger partial charge in [-0.2, -0.15) is 0 Å². The molecule has 0 heterocycles. The first-order valence-electron chi connectivity index (χ1n) is 6.21. The lowest BCUT2D eigenvalue weighted by Crippen LogP contribution is -2.18. The van der Waals surface area contributed by atoms with Crippen molar-refractivity contribution >= 4 is 0 Å². The molecule has 0 saturated heterocycles. The summed E-state index contributed by atoms with van der Waals surface area (Å²) in [5, 5.41) is 3.31. The maximum atomic E-state index is 5.72. The van der Waals surface area contributed by atoms with Gasteiger partial charge in [0.2, 0.25) is 0 Å². The van der Waals surface area contributed by atoms with Crippen molar-refractivity contribution in [2.75, 3.05) is 20.3 Å². The minimum absolute atomic E-state index is 0.278. The number of ether oxygens (including phenoxy) is 2. The topological polar surface area (TPSA) is 30.5 Å². The van der Waals surface area contributed by atoms with Crippen molar-refractivity contribution in [1.82, 2.24) is 5.32 Å². The van der Waals surface area contributed by atoms with Crippen LogP contribution < -0.4 is 10.1 Å². The van der Waals surface area contributed by atoms with Gasteiger partial charge in [-0.1, -0.05) is 19.1 Å². The third kappa shape index (κ3) is 5.71. The van der Waals surface area contributed by atoms with Crippen LogP contribution in [0.25, 0.3) is 0 Å². The average molecular weight is 237 g/mol. The summed E-state index contributed by atoms with van der Waals surface area (Å²) < 4.78 is 10.7. The Bertz CT molecular complexity index is 298.